The fourth-order valence-corrected chi connectivity index (χ4v) is 6.11. The molecule has 0 fully saturated rings. The summed E-state index contributed by atoms with van der Waals surface area (Å²) in [5.41, 5.74) is 2.63. The average Bonchev–Trinajstić information content (AvgIpc) is 3.12. The normalized spacial score (nSPS) is 11.8. The van der Waals surface area contributed by atoms with Gasteiger partial charge >= 0.3 is 0 Å². The van der Waals surface area contributed by atoms with Gasteiger partial charge in [0.2, 0.25) is 5.91 Å². The van der Waals surface area contributed by atoms with Gasteiger partial charge in [-0.2, -0.15) is 0 Å². The van der Waals surface area contributed by atoms with E-state index in [2.05, 4.69) is 16.0 Å². The largest absolute Gasteiger partial charge is 0.322 e. The Hall–Kier alpha value is -5.99. The number of carbonyl (C=O) groups is 3. The van der Waals surface area contributed by atoms with Crippen LogP contribution < -0.4 is 16.0 Å². The molecule has 1 unspecified atom stereocenters. The van der Waals surface area contributed by atoms with Crippen molar-refractivity contribution >= 4 is 57.7 Å². The van der Waals surface area contributed by atoms with Crippen LogP contribution in [0.1, 0.15) is 26.7 Å². The SMILES string of the molecule is O=C(Nc1ccc(SC(C(=O)Nc2ccccc2F)c2ccccc2)cc1)/C(=C/c1cccc2ccccc12)NC(=O)c1ccccc1. The second-order valence-electron chi connectivity index (χ2n) is 10.8. The van der Waals surface area contributed by atoms with Gasteiger partial charge in [0.1, 0.15) is 16.8 Å². The number of hydrogen-bond donors (Lipinski definition) is 3. The highest BCUT2D eigenvalue weighted by Crippen LogP contribution is 2.37. The van der Waals surface area contributed by atoms with Gasteiger partial charge in [-0.15, -0.1) is 11.8 Å². The summed E-state index contributed by atoms with van der Waals surface area (Å²) >= 11 is 1.30. The Labute approximate surface area is 281 Å². The molecule has 6 rings (SSSR count). The minimum absolute atomic E-state index is 0.0765. The van der Waals surface area contributed by atoms with Crippen molar-refractivity contribution < 1.29 is 18.8 Å². The molecule has 0 radical (unpaired) electrons. The number of thioether (sulfide) groups is 1. The number of rotatable bonds is 10. The van der Waals surface area contributed by atoms with Gasteiger partial charge in [-0.3, -0.25) is 14.4 Å². The number of nitrogens with one attached hydrogen (secondary N) is 3. The number of para-hydroxylation sites is 1. The summed E-state index contributed by atoms with van der Waals surface area (Å²) in [5.74, 6) is -1.80. The molecule has 0 aliphatic rings. The van der Waals surface area contributed by atoms with E-state index in [1.54, 1.807) is 66.7 Å². The van der Waals surface area contributed by atoms with Crippen LogP contribution in [0, 0.1) is 5.82 Å². The molecule has 48 heavy (non-hydrogen) atoms. The molecule has 0 aliphatic carbocycles. The third-order valence-corrected chi connectivity index (χ3v) is 8.76. The number of carbonyl (C=O) groups excluding carboxylic acids is 3. The number of anilines is 2. The lowest BCUT2D eigenvalue weighted by Gasteiger charge is -2.18. The minimum atomic E-state index is -0.672. The lowest BCUT2D eigenvalue weighted by molar-refractivity contribution is -0.116. The summed E-state index contributed by atoms with van der Waals surface area (Å²) in [7, 11) is 0. The van der Waals surface area contributed by atoms with E-state index in [1.807, 2.05) is 78.9 Å². The van der Waals surface area contributed by atoms with Crippen LogP contribution in [0.25, 0.3) is 16.8 Å². The second kappa shape index (κ2) is 15.1. The number of amides is 3. The van der Waals surface area contributed by atoms with Gasteiger partial charge in [0.25, 0.3) is 11.8 Å². The van der Waals surface area contributed by atoms with E-state index < -0.39 is 22.9 Å². The van der Waals surface area contributed by atoms with Gasteiger partial charge in [0, 0.05) is 16.1 Å². The van der Waals surface area contributed by atoms with E-state index in [0.717, 1.165) is 26.8 Å². The first-order valence-corrected chi connectivity index (χ1v) is 16.1. The smallest absolute Gasteiger partial charge is 0.272 e. The standard InChI is InChI=1S/C40H30FN3O3S/c41-34-20-9-10-21-35(34)43-40(47)37(28-13-3-1-4-14-28)48-32-24-22-31(23-25-32)42-39(46)36(44-38(45)29-15-5-2-6-16-29)26-30-18-11-17-27-12-7-8-19-33(27)30/h1-26,37H,(H,42,46)(H,43,47)(H,44,45)/b36-26-. The molecule has 6 nitrogen and oxygen atoms in total. The Morgan fingerprint density at radius 1 is 0.646 bits per heavy atom. The molecule has 0 saturated carbocycles. The van der Waals surface area contributed by atoms with Gasteiger partial charge < -0.3 is 16.0 Å². The number of halogens is 1. The summed E-state index contributed by atoms with van der Waals surface area (Å²) in [6.07, 6.45) is 1.67. The highest BCUT2D eigenvalue weighted by atomic mass is 32.2. The van der Waals surface area contributed by atoms with Crippen LogP contribution in [-0.4, -0.2) is 17.7 Å². The first kappa shape index (κ1) is 32.0. The van der Waals surface area contributed by atoms with Crippen molar-refractivity contribution in [1.29, 1.82) is 0 Å². The Bertz CT molecular complexity index is 2100. The lowest BCUT2D eigenvalue weighted by Crippen LogP contribution is -2.30. The zero-order chi connectivity index (χ0) is 33.3. The molecule has 3 amide bonds. The van der Waals surface area contributed by atoms with Crippen molar-refractivity contribution in [2.24, 2.45) is 0 Å². The van der Waals surface area contributed by atoms with Gasteiger partial charge in [-0.05, 0) is 76.5 Å². The van der Waals surface area contributed by atoms with Crippen molar-refractivity contribution in [1.82, 2.24) is 5.32 Å². The monoisotopic (exact) mass is 651 g/mol. The molecule has 236 valence electrons. The molecule has 0 aromatic heterocycles. The maximum absolute atomic E-state index is 14.3. The molecule has 0 bridgehead atoms. The Balaban J connectivity index is 1.23. The molecule has 6 aromatic rings. The van der Waals surface area contributed by atoms with E-state index in [9.17, 15) is 18.8 Å². The molecule has 6 aromatic carbocycles. The molecule has 0 heterocycles. The Kier molecular flexibility index (Phi) is 10.0. The van der Waals surface area contributed by atoms with Gasteiger partial charge in [-0.25, -0.2) is 4.39 Å². The molecule has 0 spiro atoms. The summed E-state index contributed by atoms with van der Waals surface area (Å²) in [6, 6.07) is 44.6. The van der Waals surface area contributed by atoms with Crippen LogP contribution in [0.2, 0.25) is 0 Å². The van der Waals surface area contributed by atoms with Crippen LogP contribution in [0.4, 0.5) is 15.8 Å². The summed E-state index contributed by atoms with van der Waals surface area (Å²) in [5, 5.41) is 9.66. The first-order valence-electron chi connectivity index (χ1n) is 15.2. The van der Waals surface area contributed by atoms with E-state index >= 15 is 0 Å². The van der Waals surface area contributed by atoms with E-state index in [-0.39, 0.29) is 17.3 Å². The van der Waals surface area contributed by atoms with Crippen molar-refractivity contribution in [3.63, 3.8) is 0 Å². The van der Waals surface area contributed by atoms with E-state index in [4.69, 9.17) is 0 Å². The maximum atomic E-state index is 14.3. The van der Waals surface area contributed by atoms with E-state index in [0.29, 0.717) is 11.3 Å². The molecule has 0 aliphatic heterocycles. The lowest BCUT2D eigenvalue weighted by atomic mass is 10.0. The number of hydrogen-bond acceptors (Lipinski definition) is 4. The molecular weight excluding hydrogens is 622 g/mol. The Morgan fingerprint density at radius 3 is 2.04 bits per heavy atom. The minimum Gasteiger partial charge on any atom is -0.322 e. The summed E-state index contributed by atoms with van der Waals surface area (Å²) in [4.78, 5) is 40.9. The predicted octanol–water partition coefficient (Wildman–Crippen LogP) is 8.86. The van der Waals surface area contributed by atoms with Crippen LogP contribution in [0.5, 0.6) is 0 Å². The van der Waals surface area contributed by atoms with Gasteiger partial charge in [0.05, 0.1) is 5.69 Å². The zero-order valence-electron chi connectivity index (χ0n) is 25.6. The summed E-state index contributed by atoms with van der Waals surface area (Å²) in [6.45, 7) is 0. The maximum Gasteiger partial charge on any atom is 0.272 e. The highest BCUT2D eigenvalue weighted by molar-refractivity contribution is 8.00. The van der Waals surface area contributed by atoms with Gasteiger partial charge in [-0.1, -0.05) is 103 Å². The fourth-order valence-electron chi connectivity index (χ4n) is 5.09. The van der Waals surface area contributed by atoms with Crippen LogP contribution in [-0.2, 0) is 9.59 Å². The molecular formula is C40H30FN3O3S. The third-order valence-electron chi connectivity index (χ3n) is 7.49. The topological polar surface area (TPSA) is 87.3 Å². The van der Waals surface area contributed by atoms with E-state index in [1.165, 1.54) is 23.9 Å². The number of fused-ring (bicyclic) bond motifs is 1. The average molecular weight is 652 g/mol. The zero-order valence-corrected chi connectivity index (χ0v) is 26.4. The number of benzene rings is 6. The third kappa shape index (κ3) is 7.86. The second-order valence-corrected chi connectivity index (χ2v) is 12.0. The van der Waals surface area contributed by atoms with Gasteiger partial charge in [0.15, 0.2) is 0 Å². The fraction of sp³-hybridized carbons (Fsp3) is 0.0250. The highest BCUT2D eigenvalue weighted by Gasteiger charge is 2.23. The van der Waals surface area contributed by atoms with Crippen LogP contribution in [0.3, 0.4) is 0 Å². The predicted molar refractivity (Wildman–Crippen MR) is 191 cm³/mol. The van der Waals surface area contributed by atoms with Crippen molar-refractivity contribution in [2.75, 3.05) is 10.6 Å². The van der Waals surface area contributed by atoms with Crippen LogP contribution in [0.15, 0.2) is 162 Å². The van der Waals surface area contributed by atoms with Crippen LogP contribution >= 0.6 is 11.8 Å². The molecule has 8 heteroatoms. The first-order chi connectivity index (χ1) is 23.4. The molecule has 1 atom stereocenters. The van der Waals surface area contributed by atoms with Crippen molar-refractivity contribution in [3.05, 3.63) is 180 Å². The van der Waals surface area contributed by atoms with Crippen molar-refractivity contribution in [3.8, 4) is 0 Å². The van der Waals surface area contributed by atoms with Crippen molar-refractivity contribution in [2.45, 2.75) is 10.1 Å². The quantitative estimate of drug-likeness (QED) is 0.102. The Morgan fingerprint density at radius 2 is 1.29 bits per heavy atom. The molecule has 3 N–H and O–H groups in total. The molecule has 0 saturated heterocycles. The summed E-state index contributed by atoms with van der Waals surface area (Å²) < 4.78 is 14.3.